The van der Waals surface area contributed by atoms with E-state index in [-0.39, 0.29) is 5.41 Å². The van der Waals surface area contributed by atoms with Crippen molar-refractivity contribution in [3.05, 3.63) is 77.9 Å². The molecule has 3 heteroatoms. The SMILES string of the molecule is CC1(C)c2ccc(B(O)O)cc2-c2c1c1ccccc1c1ccccc21. The van der Waals surface area contributed by atoms with Crippen LogP contribution in [0.1, 0.15) is 25.0 Å². The van der Waals surface area contributed by atoms with Crippen molar-refractivity contribution in [2.75, 3.05) is 0 Å². The number of hydrogen-bond acceptors (Lipinski definition) is 2. The van der Waals surface area contributed by atoms with E-state index in [0.29, 0.717) is 5.46 Å². The van der Waals surface area contributed by atoms with Gasteiger partial charge in [-0.25, -0.2) is 0 Å². The fraction of sp³-hybridized carbons (Fsp3) is 0.130. The summed E-state index contributed by atoms with van der Waals surface area (Å²) < 4.78 is 0. The molecular weight excluding hydrogens is 319 g/mol. The second-order valence-corrected chi connectivity index (χ2v) is 7.64. The standard InChI is InChI=1S/C23H19BO2/c1-23(2)20-12-11-14(24(25)26)13-19(20)21-17-9-5-3-7-15(17)16-8-4-6-10-18(16)22(21)23/h3-13,25-26H,1-2H3. The van der Waals surface area contributed by atoms with Crippen molar-refractivity contribution in [2.45, 2.75) is 19.3 Å². The molecule has 1 aliphatic rings. The van der Waals surface area contributed by atoms with Crippen molar-refractivity contribution in [1.82, 2.24) is 0 Å². The smallest absolute Gasteiger partial charge is 0.423 e. The summed E-state index contributed by atoms with van der Waals surface area (Å²) in [7, 11) is -1.46. The highest BCUT2D eigenvalue weighted by Crippen LogP contribution is 2.54. The van der Waals surface area contributed by atoms with Gasteiger partial charge in [0.05, 0.1) is 0 Å². The van der Waals surface area contributed by atoms with Crippen LogP contribution in [0.15, 0.2) is 66.7 Å². The Labute approximate surface area is 152 Å². The highest BCUT2D eigenvalue weighted by molar-refractivity contribution is 6.58. The first-order chi connectivity index (χ1) is 12.5. The third-order valence-corrected chi connectivity index (χ3v) is 5.84. The molecule has 0 atom stereocenters. The Morgan fingerprint density at radius 3 is 1.96 bits per heavy atom. The Bertz CT molecular complexity index is 1190. The number of benzene rings is 4. The third kappa shape index (κ3) is 1.90. The quantitative estimate of drug-likeness (QED) is 0.407. The molecule has 26 heavy (non-hydrogen) atoms. The molecule has 0 bridgehead atoms. The Hall–Kier alpha value is -2.62. The van der Waals surface area contributed by atoms with Gasteiger partial charge < -0.3 is 10.0 Å². The van der Waals surface area contributed by atoms with Gasteiger partial charge in [-0.15, -0.1) is 0 Å². The van der Waals surface area contributed by atoms with Crippen LogP contribution in [0.5, 0.6) is 0 Å². The molecule has 2 N–H and O–H groups in total. The topological polar surface area (TPSA) is 40.5 Å². The van der Waals surface area contributed by atoms with E-state index in [4.69, 9.17) is 0 Å². The van der Waals surface area contributed by atoms with E-state index in [0.717, 1.165) is 5.56 Å². The second-order valence-electron chi connectivity index (χ2n) is 7.64. The van der Waals surface area contributed by atoms with Crippen LogP contribution in [0.25, 0.3) is 32.7 Å². The highest BCUT2D eigenvalue weighted by atomic mass is 16.4. The summed E-state index contributed by atoms with van der Waals surface area (Å²) in [5.41, 5.74) is 5.28. The molecule has 0 fully saturated rings. The molecule has 0 aliphatic heterocycles. The van der Waals surface area contributed by atoms with E-state index >= 15 is 0 Å². The zero-order valence-electron chi connectivity index (χ0n) is 14.8. The predicted octanol–water partition coefficient (Wildman–Crippen LogP) is 3.98. The Morgan fingerprint density at radius 1 is 0.731 bits per heavy atom. The second kappa shape index (κ2) is 5.20. The van der Waals surface area contributed by atoms with Gasteiger partial charge in [-0.3, -0.25) is 0 Å². The highest BCUT2D eigenvalue weighted by Gasteiger charge is 2.38. The minimum Gasteiger partial charge on any atom is -0.423 e. The zero-order chi connectivity index (χ0) is 18.1. The Kier molecular flexibility index (Phi) is 3.12. The average molecular weight is 338 g/mol. The van der Waals surface area contributed by atoms with Crippen LogP contribution in [0.3, 0.4) is 0 Å². The lowest BCUT2D eigenvalue weighted by molar-refractivity contribution is 0.426. The summed E-state index contributed by atoms with van der Waals surface area (Å²) in [6.07, 6.45) is 0. The van der Waals surface area contributed by atoms with Gasteiger partial charge in [-0.05, 0) is 49.3 Å². The monoisotopic (exact) mass is 338 g/mol. The predicted molar refractivity (Wildman–Crippen MR) is 109 cm³/mol. The summed E-state index contributed by atoms with van der Waals surface area (Å²) in [6, 6.07) is 22.9. The van der Waals surface area contributed by atoms with Gasteiger partial charge in [-0.2, -0.15) is 0 Å². The molecular formula is C23H19BO2. The van der Waals surface area contributed by atoms with Crippen LogP contribution < -0.4 is 5.46 Å². The molecule has 0 heterocycles. The lowest BCUT2D eigenvalue weighted by Crippen LogP contribution is -2.30. The maximum Gasteiger partial charge on any atom is 0.488 e. The Balaban J connectivity index is 2.04. The molecule has 4 aromatic carbocycles. The van der Waals surface area contributed by atoms with Gasteiger partial charge in [-0.1, -0.05) is 80.6 Å². The summed E-state index contributed by atoms with van der Waals surface area (Å²) >= 11 is 0. The molecule has 0 radical (unpaired) electrons. The fourth-order valence-corrected chi connectivity index (χ4v) is 4.68. The fourth-order valence-electron chi connectivity index (χ4n) is 4.68. The van der Waals surface area contributed by atoms with Crippen molar-refractivity contribution in [3.8, 4) is 11.1 Å². The van der Waals surface area contributed by atoms with Crippen molar-refractivity contribution in [3.63, 3.8) is 0 Å². The van der Waals surface area contributed by atoms with Crippen LogP contribution in [0, 0.1) is 0 Å². The summed E-state index contributed by atoms with van der Waals surface area (Å²) in [6.45, 7) is 4.52. The Morgan fingerprint density at radius 2 is 1.31 bits per heavy atom. The van der Waals surface area contributed by atoms with Crippen molar-refractivity contribution in [1.29, 1.82) is 0 Å². The minimum atomic E-state index is -1.46. The summed E-state index contributed by atoms with van der Waals surface area (Å²) in [4.78, 5) is 0. The molecule has 5 rings (SSSR count). The minimum absolute atomic E-state index is 0.146. The van der Waals surface area contributed by atoms with E-state index in [1.165, 1.54) is 38.2 Å². The van der Waals surface area contributed by atoms with Gasteiger partial charge in [0.2, 0.25) is 0 Å². The van der Waals surface area contributed by atoms with E-state index < -0.39 is 7.12 Å². The summed E-state index contributed by atoms with van der Waals surface area (Å²) in [5.74, 6) is 0. The van der Waals surface area contributed by atoms with Crippen LogP contribution in [0.2, 0.25) is 0 Å². The summed E-state index contributed by atoms with van der Waals surface area (Å²) in [5, 5.41) is 24.3. The maximum atomic E-state index is 9.67. The van der Waals surface area contributed by atoms with E-state index in [1.807, 2.05) is 18.2 Å². The molecule has 0 saturated heterocycles. The van der Waals surface area contributed by atoms with Crippen LogP contribution in [-0.4, -0.2) is 17.2 Å². The number of fused-ring (bicyclic) bond motifs is 8. The molecule has 0 spiro atoms. The van der Waals surface area contributed by atoms with E-state index in [9.17, 15) is 10.0 Å². The zero-order valence-corrected chi connectivity index (χ0v) is 14.8. The lowest BCUT2D eigenvalue weighted by atomic mass is 9.76. The normalized spacial score (nSPS) is 14.5. The van der Waals surface area contributed by atoms with Crippen molar-refractivity contribution >= 4 is 34.1 Å². The van der Waals surface area contributed by atoms with E-state index in [2.05, 4.69) is 62.4 Å². The van der Waals surface area contributed by atoms with Crippen LogP contribution in [0.4, 0.5) is 0 Å². The van der Waals surface area contributed by atoms with E-state index in [1.54, 1.807) is 0 Å². The molecule has 4 aromatic rings. The van der Waals surface area contributed by atoms with Crippen LogP contribution >= 0.6 is 0 Å². The van der Waals surface area contributed by atoms with Crippen LogP contribution in [-0.2, 0) is 5.41 Å². The van der Waals surface area contributed by atoms with Gasteiger partial charge in [0.1, 0.15) is 0 Å². The van der Waals surface area contributed by atoms with Gasteiger partial charge >= 0.3 is 7.12 Å². The average Bonchev–Trinajstić information content (AvgIpc) is 2.89. The molecule has 0 unspecified atom stereocenters. The van der Waals surface area contributed by atoms with Gasteiger partial charge in [0.15, 0.2) is 0 Å². The first kappa shape index (κ1) is 15.6. The maximum absolute atomic E-state index is 9.67. The molecule has 0 amide bonds. The number of hydrogen-bond donors (Lipinski definition) is 2. The largest absolute Gasteiger partial charge is 0.488 e. The number of rotatable bonds is 1. The van der Waals surface area contributed by atoms with Gasteiger partial charge in [0, 0.05) is 5.41 Å². The van der Waals surface area contributed by atoms with Gasteiger partial charge in [0.25, 0.3) is 0 Å². The molecule has 1 aliphatic carbocycles. The van der Waals surface area contributed by atoms with Crippen molar-refractivity contribution in [2.24, 2.45) is 0 Å². The van der Waals surface area contributed by atoms with Crippen molar-refractivity contribution < 1.29 is 10.0 Å². The molecule has 126 valence electrons. The first-order valence-corrected chi connectivity index (χ1v) is 8.95. The lowest BCUT2D eigenvalue weighted by Gasteiger charge is -2.24. The third-order valence-electron chi connectivity index (χ3n) is 5.84. The molecule has 0 aromatic heterocycles. The molecule has 0 saturated carbocycles. The first-order valence-electron chi connectivity index (χ1n) is 8.95. The molecule has 2 nitrogen and oxygen atoms in total.